The zero-order valence-electron chi connectivity index (χ0n) is 23.4. The lowest BCUT2D eigenvalue weighted by molar-refractivity contribution is -0.132. The van der Waals surface area contributed by atoms with E-state index in [1.807, 2.05) is 77.0 Å². The van der Waals surface area contributed by atoms with Crippen molar-refractivity contribution in [1.82, 2.24) is 0 Å². The average Bonchev–Trinajstić information content (AvgIpc) is 3.18. The molecule has 1 N–H and O–H groups in total. The van der Waals surface area contributed by atoms with Gasteiger partial charge in [-0.15, -0.1) is 0 Å². The summed E-state index contributed by atoms with van der Waals surface area (Å²) >= 11 is 0. The molecule has 0 spiro atoms. The van der Waals surface area contributed by atoms with Crippen molar-refractivity contribution in [2.75, 3.05) is 30.5 Å². The molecule has 0 saturated carbocycles. The first-order valence-corrected chi connectivity index (χ1v) is 13.2. The first-order valence-electron chi connectivity index (χ1n) is 13.2. The van der Waals surface area contributed by atoms with E-state index in [1.54, 1.807) is 36.4 Å². The first-order chi connectivity index (χ1) is 18.6. The van der Waals surface area contributed by atoms with Gasteiger partial charge in [0.2, 0.25) is 0 Å². The smallest absolute Gasteiger partial charge is 0.300 e. The number of benzene rings is 3. The molecule has 1 aliphatic rings. The second-order valence-electron chi connectivity index (χ2n) is 10.1. The van der Waals surface area contributed by atoms with Crippen molar-refractivity contribution in [3.05, 3.63) is 89.0 Å². The van der Waals surface area contributed by atoms with E-state index in [9.17, 15) is 14.7 Å². The molecule has 3 aromatic carbocycles. The largest absolute Gasteiger partial charge is 0.507 e. The van der Waals surface area contributed by atoms with Crippen LogP contribution >= 0.6 is 0 Å². The molecule has 1 saturated heterocycles. The maximum absolute atomic E-state index is 13.6. The zero-order chi connectivity index (χ0) is 28.3. The summed E-state index contributed by atoms with van der Waals surface area (Å²) in [7, 11) is 3.88. The standard InChI is InChI=1S/C32H36N2O5/c1-7-18-38-27-11-9-8-10-25(27)34-29(22-12-15-24(16-13-22)33(5)6)28(31(36)32(34)37)30(35)23-14-17-26(21(4)19-23)39-20(2)3/h8-17,19-20,29,35H,7,18H2,1-6H3/b30-28-. The van der Waals surface area contributed by atoms with Gasteiger partial charge < -0.3 is 19.5 Å². The molecule has 1 atom stereocenters. The number of carbonyl (C=O) groups excluding carboxylic acids is 2. The van der Waals surface area contributed by atoms with Gasteiger partial charge in [-0.1, -0.05) is 31.2 Å². The highest BCUT2D eigenvalue weighted by molar-refractivity contribution is 6.52. The lowest BCUT2D eigenvalue weighted by Crippen LogP contribution is -2.30. The van der Waals surface area contributed by atoms with Gasteiger partial charge in [0, 0.05) is 25.3 Å². The highest BCUT2D eigenvalue weighted by atomic mass is 16.5. The van der Waals surface area contributed by atoms with Crippen LogP contribution in [-0.2, 0) is 9.59 Å². The molecule has 7 nitrogen and oxygen atoms in total. The summed E-state index contributed by atoms with van der Waals surface area (Å²) in [6.45, 7) is 8.23. The van der Waals surface area contributed by atoms with Crippen molar-refractivity contribution in [2.24, 2.45) is 0 Å². The van der Waals surface area contributed by atoms with Crippen LogP contribution in [0.15, 0.2) is 72.3 Å². The summed E-state index contributed by atoms with van der Waals surface area (Å²) in [5, 5.41) is 11.6. The molecule has 0 aliphatic carbocycles. The lowest BCUT2D eigenvalue weighted by atomic mass is 9.94. The van der Waals surface area contributed by atoms with Crippen LogP contribution in [0.1, 0.15) is 49.9 Å². The number of aryl methyl sites for hydroxylation is 1. The van der Waals surface area contributed by atoms with Crippen LogP contribution in [0.4, 0.5) is 11.4 Å². The van der Waals surface area contributed by atoms with Gasteiger partial charge in [-0.3, -0.25) is 14.5 Å². The summed E-state index contributed by atoms with van der Waals surface area (Å²) in [6, 6.07) is 19.2. The van der Waals surface area contributed by atoms with E-state index in [0.29, 0.717) is 34.9 Å². The van der Waals surface area contributed by atoms with Gasteiger partial charge in [-0.25, -0.2) is 0 Å². The topological polar surface area (TPSA) is 79.3 Å². The Bertz CT molecular complexity index is 1390. The van der Waals surface area contributed by atoms with E-state index >= 15 is 0 Å². The Kier molecular flexibility index (Phi) is 8.29. The summed E-state index contributed by atoms with van der Waals surface area (Å²) < 4.78 is 11.8. The molecule has 1 amide bonds. The Hall–Kier alpha value is -4.26. The monoisotopic (exact) mass is 528 g/mol. The van der Waals surface area contributed by atoms with Crippen molar-refractivity contribution >= 4 is 28.8 Å². The van der Waals surface area contributed by atoms with E-state index in [-0.39, 0.29) is 17.4 Å². The van der Waals surface area contributed by atoms with E-state index in [0.717, 1.165) is 17.7 Å². The van der Waals surface area contributed by atoms with Crippen LogP contribution in [-0.4, -0.2) is 43.6 Å². The Morgan fingerprint density at radius 1 is 1.00 bits per heavy atom. The van der Waals surface area contributed by atoms with Crippen molar-refractivity contribution < 1.29 is 24.2 Å². The quantitative estimate of drug-likeness (QED) is 0.201. The number of hydrogen-bond acceptors (Lipinski definition) is 6. The van der Waals surface area contributed by atoms with Crippen molar-refractivity contribution in [3.63, 3.8) is 0 Å². The molecule has 0 bridgehead atoms. The Morgan fingerprint density at radius 3 is 2.31 bits per heavy atom. The van der Waals surface area contributed by atoms with Crippen LogP contribution in [0.3, 0.4) is 0 Å². The predicted octanol–water partition coefficient (Wildman–Crippen LogP) is 6.26. The number of aliphatic hydroxyl groups excluding tert-OH is 1. The van der Waals surface area contributed by atoms with Gasteiger partial charge in [0.1, 0.15) is 17.3 Å². The minimum atomic E-state index is -0.848. The van der Waals surface area contributed by atoms with Crippen LogP contribution in [0.25, 0.3) is 5.76 Å². The lowest BCUT2D eigenvalue weighted by Gasteiger charge is -2.27. The number of anilines is 2. The molecule has 4 rings (SSSR count). The number of amides is 1. The van der Waals surface area contributed by atoms with Crippen molar-refractivity contribution in [3.8, 4) is 11.5 Å². The third kappa shape index (κ3) is 5.62. The molecule has 3 aromatic rings. The third-order valence-electron chi connectivity index (χ3n) is 6.57. The number of ketones is 1. The molecule has 1 aliphatic heterocycles. The molecular weight excluding hydrogens is 492 g/mol. The van der Waals surface area contributed by atoms with Gasteiger partial charge in [-0.05, 0) is 80.8 Å². The van der Waals surface area contributed by atoms with E-state index in [4.69, 9.17) is 9.47 Å². The van der Waals surface area contributed by atoms with Crippen LogP contribution in [0.5, 0.6) is 11.5 Å². The summed E-state index contributed by atoms with van der Waals surface area (Å²) in [6.07, 6.45) is 0.784. The SMILES string of the molecule is CCCOc1ccccc1N1C(=O)C(=O)/C(=C(\O)c2ccc(OC(C)C)c(C)c2)C1c1ccc(N(C)C)cc1. The number of ether oxygens (including phenoxy) is 2. The van der Waals surface area contributed by atoms with Gasteiger partial charge in [-0.2, -0.15) is 0 Å². The summed E-state index contributed by atoms with van der Waals surface area (Å²) in [5.74, 6) is -0.507. The van der Waals surface area contributed by atoms with Crippen molar-refractivity contribution in [2.45, 2.75) is 46.3 Å². The molecule has 1 heterocycles. The highest BCUT2D eigenvalue weighted by Crippen LogP contribution is 2.45. The number of Topliss-reactive ketones (excluding diaryl/α,β-unsaturated/α-hetero) is 1. The summed E-state index contributed by atoms with van der Waals surface area (Å²) in [5.41, 5.74) is 3.42. The summed E-state index contributed by atoms with van der Waals surface area (Å²) in [4.78, 5) is 30.6. The van der Waals surface area contributed by atoms with E-state index in [2.05, 4.69) is 0 Å². The number of hydrogen-bond donors (Lipinski definition) is 1. The zero-order valence-corrected chi connectivity index (χ0v) is 23.4. The third-order valence-corrected chi connectivity index (χ3v) is 6.57. The Balaban J connectivity index is 1.90. The maximum atomic E-state index is 13.6. The predicted molar refractivity (Wildman–Crippen MR) is 155 cm³/mol. The molecule has 1 fully saturated rings. The maximum Gasteiger partial charge on any atom is 0.300 e. The molecule has 39 heavy (non-hydrogen) atoms. The van der Waals surface area contributed by atoms with Gasteiger partial charge in [0.25, 0.3) is 11.7 Å². The van der Waals surface area contributed by atoms with Crippen LogP contribution in [0, 0.1) is 6.92 Å². The fourth-order valence-electron chi connectivity index (χ4n) is 4.68. The minimum absolute atomic E-state index is 0.00592. The second-order valence-corrected chi connectivity index (χ2v) is 10.1. The second kappa shape index (κ2) is 11.6. The molecule has 204 valence electrons. The highest BCUT2D eigenvalue weighted by Gasteiger charge is 2.47. The molecule has 0 aromatic heterocycles. The average molecular weight is 529 g/mol. The number of rotatable bonds is 9. The fourth-order valence-corrected chi connectivity index (χ4v) is 4.68. The number of carbonyl (C=O) groups is 2. The van der Waals surface area contributed by atoms with Gasteiger partial charge in [0.15, 0.2) is 0 Å². The molecule has 1 unspecified atom stereocenters. The Morgan fingerprint density at radius 2 is 1.69 bits per heavy atom. The molecule has 7 heteroatoms. The Labute approximate surface area is 230 Å². The number of para-hydroxylation sites is 2. The molecule has 0 radical (unpaired) electrons. The number of aliphatic hydroxyl groups is 1. The number of nitrogens with zero attached hydrogens (tertiary/aromatic N) is 2. The first kappa shape index (κ1) is 27.8. The molecular formula is C32H36N2O5. The fraction of sp³-hybridized carbons (Fsp3) is 0.312. The van der Waals surface area contributed by atoms with E-state index < -0.39 is 17.7 Å². The van der Waals surface area contributed by atoms with Crippen molar-refractivity contribution in [1.29, 1.82) is 0 Å². The van der Waals surface area contributed by atoms with Gasteiger partial charge in [0.05, 0.1) is 30.0 Å². The van der Waals surface area contributed by atoms with Gasteiger partial charge >= 0.3 is 0 Å². The van der Waals surface area contributed by atoms with Crippen LogP contribution < -0.4 is 19.3 Å². The van der Waals surface area contributed by atoms with Crippen LogP contribution in [0.2, 0.25) is 0 Å². The normalized spacial score (nSPS) is 16.6. The minimum Gasteiger partial charge on any atom is -0.507 e. The van der Waals surface area contributed by atoms with E-state index in [1.165, 1.54) is 4.90 Å².